The summed E-state index contributed by atoms with van der Waals surface area (Å²) in [5, 5.41) is 4.14. The lowest BCUT2D eigenvalue weighted by Crippen LogP contribution is -2.42. The van der Waals surface area contributed by atoms with Crippen LogP contribution in [0.15, 0.2) is 53.5 Å². The molecule has 0 aliphatic carbocycles. The minimum Gasteiger partial charge on any atom is -0.493 e. The summed E-state index contributed by atoms with van der Waals surface area (Å²) in [6.45, 7) is 1.78. The van der Waals surface area contributed by atoms with Gasteiger partial charge in [0, 0.05) is 18.1 Å². The molecule has 3 rings (SSSR count). The third kappa shape index (κ3) is 4.89. The average Bonchev–Trinajstić information content (AvgIpc) is 2.67. The van der Waals surface area contributed by atoms with Gasteiger partial charge < -0.3 is 14.8 Å². The molecule has 1 aliphatic heterocycles. The van der Waals surface area contributed by atoms with E-state index in [1.807, 2.05) is 36.4 Å². The number of benzene rings is 2. The third-order valence-corrected chi connectivity index (χ3v) is 4.43. The largest absolute Gasteiger partial charge is 0.493 e. The van der Waals surface area contributed by atoms with Gasteiger partial charge in [0.25, 0.3) is 0 Å². The average molecular weight is 359 g/mol. The lowest BCUT2D eigenvalue weighted by Gasteiger charge is -2.25. The molecule has 0 bridgehead atoms. The second-order valence-corrected chi connectivity index (χ2v) is 6.41. The zero-order chi connectivity index (χ0) is 17.5. The Morgan fingerprint density at radius 2 is 1.88 bits per heavy atom. The highest BCUT2D eigenvalue weighted by Crippen LogP contribution is 2.28. The Labute approximate surface area is 153 Å². The van der Waals surface area contributed by atoms with E-state index in [1.54, 1.807) is 7.11 Å². The second kappa shape index (κ2) is 8.77. The van der Waals surface area contributed by atoms with Gasteiger partial charge in [-0.25, -0.2) is 0 Å². The lowest BCUT2D eigenvalue weighted by atomic mass is 10.1. The number of hydrogen-bond donors (Lipinski definition) is 1. The minimum atomic E-state index is -0.132. The fourth-order valence-electron chi connectivity index (χ4n) is 2.84. The number of aliphatic imine (C=N–C) groups is 1. The van der Waals surface area contributed by atoms with Gasteiger partial charge in [-0.05, 0) is 49.1 Å². The summed E-state index contributed by atoms with van der Waals surface area (Å²) in [7, 11) is 1.65. The van der Waals surface area contributed by atoms with Gasteiger partial charge in [-0.1, -0.05) is 35.9 Å². The van der Waals surface area contributed by atoms with E-state index in [-0.39, 0.29) is 6.10 Å². The summed E-state index contributed by atoms with van der Waals surface area (Å²) in [5.74, 6) is 2.39. The molecule has 1 heterocycles. The lowest BCUT2D eigenvalue weighted by molar-refractivity contribution is 0.238. The highest BCUT2D eigenvalue weighted by molar-refractivity contribution is 6.30. The summed E-state index contributed by atoms with van der Waals surface area (Å²) < 4.78 is 11.7. The number of rotatable bonds is 7. The SMILES string of the molecule is COc1ccccc1OC(CCc1ccc(Cl)cc1)C1=NCCCN1. The molecular weight excluding hydrogens is 336 g/mol. The molecule has 0 aromatic heterocycles. The number of ether oxygens (including phenoxy) is 2. The number of halogens is 1. The molecule has 5 heteroatoms. The molecule has 0 radical (unpaired) electrons. The number of hydrogen-bond acceptors (Lipinski definition) is 4. The first-order valence-electron chi connectivity index (χ1n) is 8.58. The van der Waals surface area contributed by atoms with Crippen molar-refractivity contribution < 1.29 is 9.47 Å². The summed E-state index contributed by atoms with van der Waals surface area (Å²) in [5.41, 5.74) is 1.23. The van der Waals surface area contributed by atoms with Crippen LogP contribution in [0.5, 0.6) is 11.5 Å². The van der Waals surface area contributed by atoms with E-state index in [4.69, 9.17) is 21.1 Å². The molecule has 0 amide bonds. The molecule has 0 saturated carbocycles. The van der Waals surface area contributed by atoms with Crippen LogP contribution >= 0.6 is 11.6 Å². The Kier molecular flexibility index (Phi) is 6.18. The smallest absolute Gasteiger partial charge is 0.162 e. The topological polar surface area (TPSA) is 42.9 Å². The van der Waals surface area contributed by atoms with Gasteiger partial charge in [-0.3, -0.25) is 4.99 Å². The standard InChI is InChI=1S/C20H23ClN2O2/c1-24-17-5-2-3-6-18(17)25-19(20-22-13-4-14-23-20)12-9-15-7-10-16(21)11-8-15/h2-3,5-8,10-11,19H,4,9,12-14H2,1H3,(H,22,23). The maximum Gasteiger partial charge on any atom is 0.162 e. The van der Waals surface area contributed by atoms with Gasteiger partial charge in [0.05, 0.1) is 7.11 Å². The Morgan fingerprint density at radius 1 is 1.12 bits per heavy atom. The van der Waals surface area contributed by atoms with E-state index in [0.29, 0.717) is 0 Å². The Balaban J connectivity index is 1.75. The van der Waals surface area contributed by atoms with Crippen molar-refractivity contribution in [1.29, 1.82) is 0 Å². The summed E-state index contributed by atoms with van der Waals surface area (Å²) in [6.07, 6.45) is 2.64. The number of nitrogens with one attached hydrogen (secondary N) is 1. The molecule has 1 unspecified atom stereocenters. The Morgan fingerprint density at radius 3 is 2.56 bits per heavy atom. The van der Waals surface area contributed by atoms with Crippen molar-refractivity contribution in [1.82, 2.24) is 5.32 Å². The van der Waals surface area contributed by atoms with E-state index in [1.165, 1.54) is 5.56 Å². The number of amidine groups is 1. The highest BCUT2D eigenvalue weighted by atomic mass is 35.5. The van der Waals surface area contributed by atoms with E-state index < -0.39 is 0 Å². The molecule has 1 N–H and O–H groups in total. The zero-order valence-electron chi connectivity index (χ0n) is 14.4. The fourth-order valence-corrected chi connectivity index (χ4v) is 2.96. The molecule has 4 nitrogen and oxygen atoms in total. The monoisotopic (exact) mass is 358 g/mol. The summed E-state index contributed by atoms with van der Waals surface area (Å²) in [6, 6.07) is 15.7. The molecule has 0 saturated heterocycles. The van der Waals surface area contributed by atoms with Gasteiger partial charge >= 0.3 is 0 Å². The first-order valence-corrected chi connectivity index (χ1v) is 8.96. The van der Waals surface area contributed by atoms with E-state index in [2.05, 4.69) is 22.4 Å². The predicted molar refractivity (Wildman–Crippen MR) is 102 cm³/mol. The first-order chi connectivity index (χ1) is 12.3. The van der Waals surface area contributed by atoms with Crippen LogP contribution in [0.1, 0.15) is 18.4 Å². The van der Waals surface area contributed by atoms with Crippen molar-refractivity contribution in [3.63, 3.8) is 0 Å². The van der Waals surface area contributed by atoms with Crippen LogP contribution in [-0.2, 0) is 6.42 Å². The quantitative estimate of drug-likeness (QED) is 0.809. The second-order valence-electron chi connectivity index (χ2n) is 5.97. The normalized spacial score (nSPS) is 15.0. The van der Waals surface area contributed by atoms with Crippen molar-refractivity contribution in [2.24, 2.45) is 4.99 Å². The molecule has 2 aromatic rings. The van der Waals surface area contributed by atoms with Crippen LogP contribution in [0.4, 0.5) is 0 Å². The van der Waals surface area contributed by atoms with Crippen LogP contribution in [0, 0.1) is 0 Å². The molecule has 25 heavy (non-hydrogen) atoms. The molecular formula is C20H23ClN2O2. The van der Waals surface area contributed by atoms with Gasteiger partial charge in [-0.2, -0.15) is 0 Å². The van der Waals surface area contributed by atoms with Gasteiger partial charge in [0.15, 0.2) is 17.6 Å². The number of para-hydroxylation sites is 2. The molecule has 0 spiro atoms. The predicted octanol–water partition coefficient (Wildman–Crippen LogP) is 4.12. The van der Waals surface area contributed by atoms with Crippen molar-refractivity contribution in [2.45, 2.75) is 25.4 Å². The fraction of sp³-hybridized carbons (Fsp3) is 0.350. The van der Waals surface area contributed by atoms with Crippen LogP contribution in [0.25, 0.3) is 0 Å². The van der Waals surface area contributed by atoms with E-state index in [0.717, 1.165) is 54.7 Å². The van der Waals surface area contributed by atoms with Gasteiger partial charge in [0.1, 0.15) is 5.84 Å². The molecule has 0 fully saturated rings. The van der Waals surface area contributed by atoms with Crippen LogP contribution < -0.4 is 14.8 Å². The molecule has 1 atom stereocenters. The van der Waals surface area contributed by atoms with Crippen LogP contribution in [0.3, 0.4) is 0 Å². The first kappa shape index (κ1) is 17.6. The maximum atomic E-state index is 6.28. The summed E-state index contributed by atoms with van der Waals surface area (Å²) >= 11 is 5.97. The minimum absolute atomic E-state index is 0.132. The third-order valence-electron chi connectivity index (χ3n) is 4.17. The Hall–Kier alpha value is -2.20. The Bertz CT molecular complexity index is 716. The maximum absolute atomic E-state index is 6.28. The van der Waals surface area contributed by atoms with Crippen molar-refractivity contribution >= 4 is 17.4 Å². The van der Waals surface area contributed by atoms with Crippen LogP contribution in [-0.4, -0.2) is 32.1 Å². The molecule has 132 valence electrons. The van der Waals surface area contributed by atoms with Crippen molar-refractivity contribution in [3.05, 3.63) is 59.1 Å². The van der Waals surface area contributed by atoms with Crippen molar-refractivity contribution in [2.75, 3.05) is 20.2 Å². The number of methoxy groups -OCH3 is 1. The van der Waals surface area contributed by atoms with Crippen molar-refractivity contribution in [3.8, 4) is 11.5 Å². The highest BCUT2D eigenvalue weighted by Gasteiger charge is 2.21. The number of aryl methyl sites for hydroxylation is 1. The summed E-state index contributed by atoms with van der Waals surface area (Å²) in [4.78, 5) is 4.63. The van der Waals surface area contributed by atoms with E-state index in [9.17, 15) is 0 Å². The van der Waals surface area contributed by atoms with Gasteiger partial charge in [-0.15, -0.1) is 0 Å². The zero-order valence-corrected chi connectivity index (χ0v) is 15.1. The molecule has 1 aliphatic rings. The van der Waals surface area contributed by atoms with Crippen LogP contribution in [0.2, 0.25) is 5.02 Å². The van der Waals surface area contributed by atoms with Gasteiger partial charge in [0.2, 0.25) is 0 Å². The van der Waals surface area contributed by atoms with E-state index >= 15 is 0 Å². The number of nitrogens with zero attached hydrogens (tertiary/aromatic N) is 1. The molecule has 2 aromatic carbocycles.